The average Bonchev–Trinajstić information content (AvgIpc) is 2.63. The lowest BCUT2D eigenvalue weighted by Gasteiger charge is -2.30. The number of hydrogen-bond donors (Lipinski definition) is 0. The molecule has 0 amide bonds. The first-order valence-corrected chi connectivity index (χ1v) is 13.6. The van der Waals surface area contributed by atoms with Gasteiger partial charge in [-0.05, 0) is 30.8 Å². The largest absolute Gasteiger partial charge is 0.394 e. The lowest BCUT2D eigenvalue weighted by Crippen LogP contribution is -2.42. The lowest BCUT2D eigenvalue weighted by molar-refractivity contribution is 0.144. The van der Waals surface area contributed by atoms with Crippen LogP contribution in [0.1, 0.15) is 112 Å². The Kier molecular flexibility index (Phi) is 17.6. The lowest BCUT2D eigenvalue weighted by atomic mass is 10.1. The van der Waals surface area contributed by atoms with Crippen molar-refractivity contribution in [2.75, 3.05) is 13.2 Å². The fourth-order valence-electron chi connectivity index (χ4n) is 3.42. The van der Waals surface area contributed by atoms with Crippen molar-refractivity contribution in [1.29, 1.82) is 0 Å². The second-order valence-corrected chi connectivity index (χ2v) is 11.7. The SMILES string of the molecule is CCCCCCCCCCCCO[Si](CC)(CC)OCC(C)CCC. The Morgan fingerprint density at radius 1 is 0.640 bits per heavy atom. The van der Waals surface area contributed by atoms with E-state index in [1.165, 1.54) is 77.0 Å². The molecule has 3 heteroatoms. The zero-order chi connectivity index (χ0) is 18.8. The molecule has 25 heavy (non-hydrogen) atoms. The molecule has 0 rings (SSSR count). The Morgan fingerprint density at radius 3 is 1.64 bits per heavy atom. The maximum absolute atomic E-state index is 6.35. The molecule has 0 aromatic heterocycles. The van der Waals surface area contributed by atoms with Gasteiger partial charge in [-0.1, -0.05) is 98.8 Å². The van der Waals surface area contributed by atoms with Crippen LogP contribution in [0.5, 0.6) is 0 Å². The summed E-state index contributed by atoms with van der Waals surface area (Å²) in [6.45, 7) is 13.1. The van der Waals surface area contributed by atoms with E-state index >= 15 is 0 Å². The van der Waals surface area contributed by atoms with Crippen molar-refractivity contribution in [3.8, 4) is 0 Å². The van der Waals surface area contributed by atoms with Crippen molar-refractivity contribution < 1.29 is 8.85 Å². The molecule has 0 heterocycles. The molecular weight excluding hydrogens is 324 g/mol. The Balaban J connectivity index is 3.72. The first-order chi connectivity index (χ1) is 12.1. The molecule has 0 aromatic rings. The summed E-state index contributed by atoms with van der Waals surface area (Å²) in [6.07, 6.45) is 16.3. The van der Waals surface area contributed by atoms with Crippen molar-refractivity contribution >= 4 is 8.56 Å². The van der Waals surface area contributed by atoms with E-state index in [4.69, 9.17) is 8.85 Å². The van der Waals surface area contributed by atoms with Crippen LogP contribution in [0.2, 0.25) is 12.1 Å². The quantitative estimate of drug-likeness (QED) is 0.170. The molecule has 0 radical (unpaired) electrons. The van der Waals surface area contributed by atoms with Crippen molar-refractivity contribution in [3.63, 3.8) is 0 Å². The molecule has 1 atom stereocenters. The van der Waals surface area contributed by atoms with E-state index in [9.17, 15) is 0 Å². The van der Waals surface area contributed by atoms with Gasteiger partial charge in [-0.15, -0.1) is 0 Å². The normalized spacial score (nSPS) is 13.3. The predicted octanol–water partition coefficient (Wildman–Crippen LogP) is 7.86. The summed E-state index contributed by atoms with van der Waals surface area (Å²) in [6, 6.07) is 2.17. The minimum Gasteiger partial charge on any atom is -0.394 e. The van der Waals surface area contributed by atoms with Gasteiger partial charge in [0.05, 0.1) is 0 Å². The van der Waals surface area contributed by atoms with E-state index in [1.54, 1.807) is 0 Å². The monoisotopic (exact) mass is 372 g/mol. The molecule has 0 N–H and O–H groups in total. The maximum Gasteiger partial charge on any atom is 0.337 e. The van der Waals surface area contributed by atoms with E-state index in [0.29, 0.717) is 5.92 Å². The zero-order valence-electron chi connectivity index (χ0n) is 18.2. The first kappa shape index (κ1) is 25.1. The second kappa shape index (κ2) is 17.5. The van der Waals surface area contributed by atoms with Crippen LogP contribution in [0, 0.1) is 5.92 Å². The Morgan fingerprint density at radius 2 is 1.16 bits per heavy atom. The van der Waals surface area contributed by atoms with Gasteiger partial charge < -0.3 is 8.85 Å². The summed E-state index contributed by atoms with van der Waals surface area (Å²) in [4.78, 5) is 0. The van der Waals surface area contributed by atoms with Gasteiger partial charge in [0.15, 0.2) is 0 Å². The van der Waals surface area contributed by atoms with Crippen LogP contribution < -0.4 is 0 Å². The third-order valence-corrected chi connectivity index (χ3v) is 8.93. The third-order valence-electron chi connectivity index (χ3n) is 5.35. The topological polar surface area (TPSA) is 18.5 Å². The van der Waals surface area contributed by atoms with Crippen LogP contribution in [0.4, 0.5) is 0 Å². The average molecular weight is 373 g/mol. The standard InChI is InChI=1S/C22H48O2Si/c1-6-10-11-12-13-14-15-16-17-18-20-23-25(8-3,9-4)24-21-22(5)19-7-2/h22H,6-21H2,1-5H3. The molecule has 0 aliphatic carbocycles. The summed E-state index contributed by atoms with van der Waals surface area (Å²) in [7, 11) is -1.93. The van der Waals surface area contributed by atoms with E-state index in [0.717, 1.165) is 25.3 Å². The Labute approximate surface area is 160 Å². The molecule has 0 aliphatic heterocycles. The summed E-state index contributed by atoms with van der Waals surface area (Å²) < 4.78 is 12.7. The molecule has 2 nitrogen and oxygen atoms in total. The van der Waals surface area contributed by atoms with Crippen molar-refractivity contribution in [1.82, 2.24) is 0 Å². The van der Waals surface area contributed by atoms with Gasteiger partial charge in [0.2, 0.25) is 0 Å². The number of rotatable bonds is 19. The molecule has 0 spiro atoms. The van der Waals surface area contributed by atoms with Crippen LogP contribution in [-0.2, 0) is 8.85 Å². The van der Waals surface area contributed by atoms with Gasteiger partial charge in [0.1, 0.15) is 0 Å². The predicted molar refractivity (Wildman–Crippen MR) is 115 cm³/mol. The van der Waals surface area contributed by atoms with Crippen molar-refractivity contribution in [2.24, 2.45) is 5.92 Å². The van der Waals surface area contributed by atoms with E-state index in [1.807, 2.05) is 0 Å². The summed E-state index contributed by atoms with van der Waals surface area (Å²) in [5.74, 6) is 0.663. The highest BCUT2D eigenvalue weighted by molar-refractivity contribution is 6.67. The highest BCUT2D eigenvalue weighted by Crippen LogP contribution is 2.21. The van der Waals surface area contributed by atoms with Crippen LogP contribution in [0.3, 0.4) is 0 Å². The summed E-state index contributed by atoms with van der Waals surface area (Å²) >= 11 is 0. The van der Waals surface area contributed by atoms with Gasteiger partial charge in [-0.3, -0.25) is 0 Å². The highest BCUT2D eigenvalue weighted by Gasteiger charge is 2.33. The molecule has 0 aromatic carbocycles. The molecule has 152 valence electrons. The van der Waals surface area contributed by atoms with Gasteiger partial charge in [0, 0.05) is 13.2 Å². The van der Waals surface area contributed by atoms with Gasteiger partial charge >= 0.3 is 8.56 Å². The third kappa shape index (κ3) is 13.9. The van der Waals surface area contributed by atoms with Gasteiger partial charge in [-0.2, -0.15) is 0 Å². The Bertz CT molecular complexity index is 267. The maximum atomic E-state index is 6.35. The fourth-order valence-corrected chi connectivity index (χ4v) is 5.92. The van der Waals surface area contributed by atoms with Gasteiger partial charge in [0.25, 0.3) is 0 Å². The summed E-state index contributed by atoms with van der Waals surface area (Å²) in [5.41, 5.74) is 0. The first-order valence-electron chi connectivity index (χ1n) is 11.4. The second-order valence-electron chi connectivity index (χ2n) is 7.85. The van der Waals surface area contributed by atoms with E-state index in [-0.39, 0.29) is 0 Å². The van der Waals surface area contributed by atoms with Crippen molar-refractivity contribution in [3.05, 3.63) is 0 Å². The minimum atomic E-state index is -1.93. The molecular formula is C22H48O2Si. The van der Waals surface area contributed by atoms with Crippen LogP contribution in [-0.4, -0.2) is 21.8 Å². The molecule has 0 aliphatic rings. The molecule has 0 fully saturated rings. The van der Waals surface area contributed by atoms with Crippen LogP contribution in [0.25, 0.3) is 0 Å². The Hall–Kier alpha value is 0.137. The van der Waals surface area contributed by atoms with Crippen LogP contribution >= 0.6 is 0 Å². The van der Waals surface area contributed by atoms with E-state index < -0.39 is 8.56 Å². The number of unbranched alkanes of at least 4 members (excludes halogenated alkanes) is 9. The van der Waals surface area contributed by atoms with Crippen molar-refractivity contribution in [2.45, 2.75) is 124 Å². The highest BCUT2D eigenvalue weighted by atomic mass is 28.4. The summed E-state index contributed by atoms with van der Waals surface area (Å²) in [5, 5.41) is 0. The molecule has 0 saturated carbocycles. The van der Waals surface area contributed by atoms with Crippen LogP contribution in [0.15, 0.2) is 0 Å². The molecule has 0 bridgehead atoms. The minimum absolute atomic E-state index is 0.663. The number of hydrogen-bond acceptors (Lipinski definition) is 2. The molecule has 0 saturated heterocycles. The van der Waals surface area contributed by atoms with E-state index in [2.05, 4.69) is 34.6 Å². The fraction of sp³-hybridized carbons (Fsp3) is 1.00. The van der Waals surface area contributed by atoms with Gasteiger partial charge in [-0.25, -0.2) is 0 Å². The molecule has 1 unspecified atom stereocenters. The smallest absolute Gasteiger partial charge is 0.337 e. The zero-order valence-corrected chi connectivity index (χ0v) is 19.2.